The largest absolute Gasteiger partial charge is 0.369 e. The number of anilines is 1. The lowest BCUT2D eigenvalue weighted by molar-refractivity contribution is 0.405. The number of nitrogens with zero attached hydrogens (tertiary/aromatic N) is 3. The molecule has 0 atom stereocenters. The summed E-state index contributed by atoms with van der Waals surface area (Å²) in [6.07, 6.45) is 1.30. The van der Waals surface area contributed by atoms with Gasteiger partial charge in [0.25, 0.3) is 0 Å². The molecule has 2 heterocycles. The van der Waals surface area contributed by atoms with E-state index in [2.05, 4.69) is 20.2 Å². The van der Waals surface area contributed by atoms with Crippen LogP contribution >= 0.6 is 11.6 Å². The first-order valence-electron chi connectivity index (χ1n) is 6.08. The van der Waals surface area contributed by atoms with Crippen LogP contribution in [0.25, 0.3) is 0 Å². The van der Waals surface area contributed by atoms with E-state index in [1.807, 2.05) is 14.1 Å². The van der Waals surface area contributed by atoms with E-state index in [0.717, 1.165) is 13.0 Å². The molecule has 0 bridgehead atoms. The van der Waals surface area contributed by atoms with Crippen LogP contribution in [0.2, 0.25) is 5.28 Å². The molecule has 0 aliphatic carbocycles. The predicted octanol–water partition coefficient (Wildman–Crippen LogP) is 0.823. The third kappa shape index (κ3) is 3.34. The van der Waals surface area contributed by atoms with Gasteiger partial charge < -0.3 is 10.2 Å². The fourth-order valence-corrected chi connectivity index (χ4v) is 3.79. The van der Waals surface area contributed by atoms with E-state index in [1.54, 1.807) is 0 Å². The van der Waals surface area contributed by atoms with Crippen LogP contribution in [0.15, 0.2) is 4.90 Å². The Bertz CT molecular complexity index is 574. The molecule has 1 aromatic rings. The summed E-state index contributed by atoms with van der Waals surface area (Å²) in [4.78, 5) is 10.3. The molecule has 0 radical (unpaired) electrons. The molecule has 0 saturated carbocycles. The van der Waals surface area contributed by atoms with Gasteiger partial charge in [0.1, 0.15) is 10.7 Å². The van der Waals surface area contributed by atoms with Crippen molar-refractivity contribution in [1.29, 1.82) is 0 Å². The summed E-state index contributed by atoms with van der Waals surface area (Å²) in [7, 11) is 0.717. The Morgan fingerprint density at radius 2 is 2.11 bits per heavy atom. The quantitative estimate of drug-likeness (QED) is 0.641. The molecule has 0 unspecified atom stereocenters. The van der Waals surface area contributed by atoms with Crippen molar-refractivity contribution in [3.63, 3.8) is 0 Å². The molecule has 1 aliphatic heterocycles. The second-order valence-electron chi connectivity index (χ2n) is 4.77. The monoisotopic (exact) mass is 304 g/mol. The van der Waals surface area contributed by atoms with Gasteiger partial charge in [-0.15, -0.1) is 0 Å². The Kier molecular flexibility index (Phi) is 4.27. The van der Waals surface area contributed by atoms with Gasteiger partial charge in [0.15, 0.2) is 9.84 Å². The third-order valence-corrected chi connectivity index (χ3v) is 4.86. The van der Waals surface area contributed by atoms with Crippen molar-refractivity contribution in [2.45, 2.75) is 17.7 Å². The minimum Gasteiger partial charge on any atom is -0.369 e. The topological polar surface area (TPSA) is 75.2 Å². The van der Waals surface area contributed by atoms with Gasteiger partial charge in [0.2, 0.25) is 5.28 Å². The Morgan fingerprint density at radius 3 is 2.79 bits per heavy atom. The molecule has 1 N–H and O–H groups in total. The van der Waals surface area contributed by atoms with Crippen molar-refractivity contribution in [3.05, 3.63) is 11.0 Å². The molecule has 0 aromatic carbocycles. The van der Waals surface area contributed by atoms with Crippen molar-refractivity contribution in [1.82, 2.24) is 14.9 Å². The van der Waals surface area contributed by atoms with Crippen LogP contribution in [-0.4, -0.2) is 56.2 Å². The van der Waals surface area contributed by atoms with Crippen LogP contribution in [0, 0.1) is 0 Å². The van der Waals surface area contributed by atoms with Gasteiger partial charge in [-0.2, -0.15) is 4.98 Å². The van der Waals surface area contributed by atoms with E-state index in [1.165, 1.54) is 0 Å². The van der Waals surface area contributed by atoms with Gasteiger partial charge in [-0.05, 0) is 38.7 Å². The first-order chi connectivity index (χ1) is 8.90. The molecule has 19 heavy (non-hydrogen) atoms. The minimum atomic E-state index is -3.26. The second kappa shape index (κ2) is 5.60. The normalized spacial score (nSPS) is 16.6. The standard InChI is InChI=1S/C11H17ClN4O2S/c1-16(2)6-3-5-13-10-9-8(14-11(12)15-10)4-7-19(9,17)18/h3-7H2,1-2H3,(H,13,14,15). The lowest BCUT2D eigenvalue weighted by atomic mass is 10.3. The molecule has 1 aliphatic rings. The number of sulfone groups is 1. The van der Waals surface area contributed by atoms with Crippen LogP contribution in [0.4, 0.5) is 5.82 Å². The molecule has 2 rings (SSSR count). The molecule has 106 valence electrons. The van der Waals surface area contributed by atoms with Crippen molar-refractivity contribution < 1.29 is 8.42 Å². The van der Waals surface area contributed by atoms with E-state index in [-0.39, 0.29) is 15.9 Å². The summed E-state index contributed by atoms with van der Waals surface area (Å²) in [6.45, 7) is 1.56. The summed E-state index contributed by atoms with van der Waals surface area (Å²) in [5.41, 5.74) is 0.523. The van der Waals surface area contributed by atoms with Crippen LogP contribution in [0.3, 0.4) is 0 Å². The Hall–Kier alpha value is -0.920. The first kappa shape index (κ1) is 14.5. The number of nitrogens with one attached hydrogen (secondary N) is 1. The first-order valence-corrected chi connectivity index (χ1v) is 8.11. The van der Waals surface area contributed by atoms with Gasteiger partial charge in [-0.25, -0.2) is 13.4 Å². The molecule has 0 fully saturated rings. The van der Waals surface area contributed by atoms with Gasteiger partial charge in [0.05, 0.1) is 11.4 Å². The molecule has 8 heteroatoms. The SMILES string of the molecule is CN(C)CCCNc1nc(Cl)nc2c1S(=O)(=O)CC2. The fraction of sp³-hybridized carbons (Fsp3) is 0.636. The number of halogens is 1. The Labute approximate surface area is 118 Å². The summed E-state index contributed by atoms with van der Waals surface area (Å²) in [6, 6.07) is 0. The zero-order chi connectivity index (χ0) is 14.0. The predicted molar refractivity (Wildman–Crippen MR) is 74.5 cm³/mol. The van der Waals surface area contributed by atoms with Gasteiger partial charge in [-0.3, -0.25) is 0 Å². The fourth-order valence-electron chi connectivity index (χ4n) is 2.02. The average molecular weight is 305 g/mol. The van der Waals surface area contributed by atoms with Gasteiger partial charge in [0, 0.05) is 13.0 Å². The van der Waals surface area contributed by atoms with Crippen molar-refractivity contribution >= 4 is 27.3 Å². The highest BCUT2D eigenvalue weighted by atomic mass is 35.5. The lowest BCUT2D eigenvalue weighted by Gasteiger charge is -2.12. The maximum atomic E-state index is 12.0. The maximum absolute atomic E-state index is 12.0. The highest BCUT2D eigenvalue weighted by molar-refractivity contribution is 7.91. The Balaban J connectivity index is 2.17. The van der Waals surface area contributed by atoms with E-state index in [0.29, 0.717) is 24.5 Å². The number of aromatic nitrogens is 2. The van der Waals surface area contributed by atoms with Crippen molar-refractivity contribution in [3.8, 4) is 0 Å². The van der Waals surface area contributed by atoms with Crippen LogP contribution in [-0.2, 0) is 16.3 Å². The minimum absolute atomic E-state index is 0.0870. The number of hydrogen-bond acceptors (Lipinski definition) is 6. The van der Waals surface area contributed by atoms with Crippen LogP contribution < -0.4 is 5.32 Å². The zero-order valence-electron chi connectivity index (χ0n) is 11.0. The molecule has 1 aromatic heterocycles. The third-order valence-electron chi connectivity index (χ3n) is 2.90. The molecule has 0 amide bonds. The summed E-state index contributed by atoms with van der Waals surface area (Å²) in [5.74, 6) is 0.426. The number of hydrogen-bond donors (Lipinski definition) is 1. The molecule has 0 spiro atoms. The summed E-state index contributed by atoms with van der Waals surface area (Å²) >= 11 is 5.82. The summed E-state index contributed by atoms with van der Waals surface area (Å²) in [5, 5.41) is 3.14. The lowest BCUT2D eigenvalue weighted by Crippen LogP contribution is -2.17. The number of fused-ring (bicyclic) bond motifs is 1. The highest BCUT2D eigenvalue weighted by Crippen LogP contribution is 2.31. The highest BCUT2D eigenvalue weighted by Gasteiger charge is 2.32. The number of aryl methyl sites for hydroxylation is 1. The van der Waals surface area contributed by atoms with E-state index >= 15 is 0 Å². The van der Waals surface area contributed by atoms with Gasteiger partial charge >= 0.3 is 0 Å². The van der Waals surface area contributed by atoms with Crippen LogP contribution in [0.5, 0.6) is 0 Å². The van der Waals surface area contributed by atoms with Gasteiger partial charge in [-0.1, -0.05) is 0 Å². The summed E-state index contributed by atoms with van der Waals surface area (Å²) < 4.78 is 23.9. The van der Waals surface area contributed by atoms with E-state index < -0.39 is 9.84 Å². The number of rotatable bonds is 5. The molecular formula is C11H17ClN4O2S. The van der Waals surface area contributed by atoms with Crippen molar-refractivity contribution in [2.24, 2.45) is 0 Å². The van der Waals surface area contributed by atoms with Crippen LogP contribution in [0.1, 0.15) is 12.1 Å². The van der Waals surface area contributed by atoms with E-state index in [9.17, 15) is 8.42 Å². The van der Waals surface area contributed by atoms with Crippen molar-refractivity contribution in [2.75, 3.05) is 38.3 Å². The molecular weight excluding hydrogens is 288 g/mol. The Morgan fingerprint density at radius 1 is 1.37 bits per heavy atom. The maximum Gasteiger partial charge on any atom is 0.224 e. The average Bonchev–Trinajstić information content (AvgIpc) is 2.60. The molecule has 0 saturated heterocycles. The zero-order valence-corrected chi connectivity index (χ0v) is 12.6. The smallest absolute Gasteiger partial charge is 0.224 e. The second-order valence-corrected chi connectivity index (χ2v) is 7.15. The molecule has 6 nitrogen and oxygen atoms in total. The van der Waals surface area contributed by atoms with E-state index in [4.69, 9.17) is 11.6 Å².